The molecule has 3 rings (SSSR count). The number of hydrogen-bond acceptors (Lipinski definition) is 2. The van der Waals surface area contributed by atoms with Gasteiger partial charge in [-0.1, -0.05) is 62.8 Å². The lowest BCUT2D eigenvalue weighted by molar-refractivity contribution is 0.0625. The number of benzene rings is 2. The van der Waals surface area contributed by atoms with E-state index in [2.05, 4.69) is 20.1 Å². The lowest BCUT2D eigenvalue weighted by Crippen LogP contribution is -2.13. The zero-order valence-corrected chi connectivity index (χ0v) is 18.4. The van der Waals surface area contributed by atoms with Crippen LogP contribution in [-0.4, -0.2) is 5.97 Å². The van der Waals surface area contributed by atoms with Crippen LogP contribution in [0.2, 0.25) is 0 Å². The number of carbonyl (C=O) groups is 1. The Bertz CT molecular complexity index is 1060. The van der Waals surface area contributed by atoms with Crippen molar-refractivity contribution in [2.24, 2.45) is 5.92 Å². The van der Waals surface area contributed by atoms with Gasteiger partial charge in [-0.15, -0.1) is 0 Å². The maximum atomic E-state index is 14.9. The van der Waals surface area contributed by atoms with E-state index in [0.717, 1.165) is 31.8 Å². The molecule has 0 bridgehead atoms. The van der Waals surface area contributed by atoms with E-state index in [-0.39, 0.29) is 17.0 Å². The van der Waals surface area contributed by atoms with Crippen LogP contribution in [0.1, 0.15) is 61.4 Å². The molecular formula is C27H27F3O2. The fourth-order valence-corrected chi connectivity index (χ4v) is 3.98. The van der Waals surface area contributed by atoms with Gasteiger partial charge in [-0.05, 0) is 60.9 Å². The topological polar surface area (TPSA) is 26.3 Å². The quantitative estimate of drug-likeness (QED) is 0.258. The highest BCUT2D eigenvalue weighted by molar-refractivity contribution is 5.91. The molecule has 0 saturated heterocycles. The van der Waals surface area contributed by atoms with Crippen LogP contribution in [0.3, 0.4) is 0 Å². The van der Waals surface area contributed by atoms with Crippen LogP contribution >= 0.6 is 0 Å². The Morgan fingerprint density at radius 3 is 2.22 bits per heavy atom. The predicted molar refractivity (Wildman–Crippen MR) is 121 cm³/mol. The van der Waals surface area contributed by atoms with Crippen LogP contribution < -0.4 is 0 Å². The normalized spacial score (nSPS) is 18.8. The number of hydrogen-bond donors (Lipinski definition) is 0. The highest BCUT2D eigenvalue weighted by Gasteiger charge is 2.25. The summed E-state index contributed by atoms with van der Waals surface area (Å²) in [6.45, 7) is 10.7. The summed E-state index contributed by atoms with van der Waals surface area (Å²) in [4.78, 5) is 12.2. The summed E-state index contributed by atoms with van der Waals surface area (Å²) in [6.07, 6.45) is 4.87. The number of halogens is 3. The molecule has 0 unspecified atom stereocenters. The molecule has 168 valence electrons. The van der Waals surface area contributed by atoms with Gasteiger partial charge in [0.25, 0.3) is 0 Å². The van der Waals surface area contributed by atoms with E-state index in [0.29, 0.717) is 22.6 Å². The number of ether oxygens (including phenoxy) is 1. The van der Waals surface area contributed by atoms with Crippen molar-refractivity contribution in [1.29, 1.82) is 0 Å². The van der Waals surface area contributed by atoms with E-state index < -0.39 is 29.2 Å². The largest absolute Gasteiger partial charge is 0.420 e. The van der Waals surface area contributed by atoms with Crippen LogP contribution in [0, 0.1) is 17.6 Å². The highest BCUT2D eigenvalue weighted by Crippen LogP contribution is 2.38. The molecule has 0 radical (unpaired) electrons. The number of allylic oxidation sites excluding steroid dienone is 3. The van der Waals surface area contributed by atoms with Crippen LogP contribution in [0.25, 0.3) is 11.1 Å². The third kappa shape index (κ3) is 5.39. The van der Waals surface area contributed by atoms with Crippen molar-refractivity contribution in [2.45, 2.75) is 45.4 Å². The lowest BCUT2D eigenvalue weighted by atomic mass is 9.79. The van der Waals surface area contributed by atoms with Gasteiger partial charge in [-0.2, -0.15) is 0 Å². The van der Waals surface area contributed by atoms with Crippen molar-refractivity contribution in [3.05, 3.63) is 95.6 Å². The van der Waals surface area contributed by atoms with Crippen LogP contribution in [0.4, 0.5) is 13.2 Å². The minimum absolute atomic E-state index is 0.0410. The molecule has 0 spiro atoms. The minimum Gasteiger partial charge on any atom is -0.420 e. The third-order valence-electron chi connectivity index (χ3n) is 5.85. The van der Waals surface area contributed by atoms with Gasteiger partial charge in [-0.3, -0.25) is 0 Å². The molecule has 1 saturated carbocycles. The van der Waals surface area contributed by atoms with E-state index in [9.17, 15) is 18.0 Å². The van der Waals surface area contributed by atoms with Gasteiger partial charge >= 0.3 is 5.97 Å². The first-order valence-electron chi connectivity index (χ1n) is 10.7. The fourth-order valence-electron chi connectivity index (χ4n) is 3.98. The van der Waals surface area contributed by atoms with Gasteiger partial charge in [0.05, 0.1) is 5.56 Å². The van der Waals surface area contributed by atoms with Gasteiger partial charge in [0.1, 0.15) is 0 Å². The Morgan fingerprint density at radius 2 is 1.62 bits per heavy atom. The molecule has 1 aliphatic carbocycles. The van der Waals surface area contributed by atoms with Crippen molar-refractivity contribution >= 4 is 5.97 Å². The summed E-state index contributed by atoms with van der Waals surface area (Å²) in [5.41, 5.74) is 1.56. The predicted octanol–water partition coefficient (Wildman–Crippen LogP) is 8.03. The first-order chi connectivity index (χ1) is 15.2. The SMILES string of the molecule is C=C(C)/C=C(/F)C(=C)OC(=O)c1ccc(-c2ccc(C3CCC(C)CC3)c(F)c2F)cc1. The van der Waals surface area contributed by atoms with Crippen molar-refractivity contribution in [2.75, 3.05) is 0 Å². The second-order valence-corrected chi connectivity index (χ2v) is 8.52. The average molecular weight is 441 g/mol. The summed E-state index contributed by atoms with van der Waals surface area (Å²) >= 11 is 0. The second kappa shape index (κ2) is 10.0. The molecule has 1 fully saturated rings. The number of carbonyl (C=O) groups excluding carboxylic acids is 1. The maximum Gasteiger partial charge on any atom is 0.343 e. The average Bonchev–Trinajstić information content (AvgIpc) is 2.76. The molecular weight excluding hydrogens is 413 g/mol. The van der Waals surface area contributed by atoms with E-state index in [4.69, 9.17) is 4.74 Å². The summed E-state index contributed by atoms with van der Waals surface area (Å²) in [5, 5.41) is 0. The Balaban J connectivity index is 1.76. The van der Waals surface area contributed by atoms with Crippen molar-refractivity contribution < 1.29 is 22.7 Å². The Morgan fingerprint density at radius 1 is 1.00 bits per heavy atom. The van der Waals surface area contributed by atoms with Gasteiger partial charge < -0.3 is 4.74 Å². The molecule has 1 aliphatic rings. The summed E-state index contributed by atoms with van der Waals surface area (Å²) < 4.78 is 48.5. The molecule has 0 aliphatic heterocycles. The summed E-state index contributed by atoms with van der Waals surface area (Å²) in [5.74, 6) is -3.06. The molecule has 0 N–H and O–H groups in total. The van der Waals surface area contributed by atoms with Gasteiger partial charge in [-0.25, -0.2) is 18.0 Å². The molecule has 0 atom stereocenters. The first-order valence-corrected chi connectivity index (χ1v) is 10.7. The van der Waals surface area contributed by atoms with Gasteiger partial charge in [0.2, 0.25) is 0 Å². The molecule has 32 heavy (non-hydrogen) atoms. The molecule has 0 amide bonds. The monoisotopic (exact) mass is 440 g/mol. The molecule has 2 aromatic carbocycles. The lowest BCUT2D eigenvalue weighted by Gasteiger charge is -2.27. The minimum atomic E-state index is -0.892. The fraction of sp³-hybridized carbons (Fsp3) is 0.296. The summed E-state index contributed by atoms with van der Waals surface area (Å²) in [7, 11) is 0. The van der Waals surface area contributed by atoms with Crippen molar-refractivity contribution in [1.82, 2.24) is 0 Å². The standard InChI is InChI=1S/C27H27F3O2/c1-16(2)15-24(28)18(4)32-27(31)21-11-9-20(10-12-21)23-14-13-22(25(29)26(23)30)19-7-5-17(3)6-8-19/h9-15,17,19H,1,4-8H2,2-3H3/b24-15+. The number of rotatable bonds is 6. The van der Waals surface area contributed by atoms with Gasteiger partial charge in [0.15, 0.2) is 23.2 Å². The smallest absolute Gasteiger partial charge is 0.343 e. The number of esters is 1. The zero-order valence-electron chi connectivity index (χ0n) is 18.4. The highest BCUT2D eigenvalue weighted by atomic mass is 19.2. The maximum absolute atomic E-state index is 14.9. The molecule has 0 heterocycles. The van der Waals surface area contributed by atoms with E-state index in [1.54, 1.807) is 19.1 Å². The molecule has 2 nitrogen and oxygen atoms in total. The van der Waals surface area contributed by atoms with Crippen molar-refractivity contribution in [3.63, 3.8) is 0 Å². The molecule has 0 aromatic heterocycles. The Kier molecular flexibility index (Phi) is 7.39. The van der Waals surface area contributed by atoms with Crippen LogP contribution in [0.15, 0.2) is 72.8 Å². The van der Waals surface area contributed by atoms with Gasteiger partial charge in [0, 0.05) is 5.56 Å². The zero-order chi connectivity index (χ0) is 23.4. The van der Waals surface area contributed by atoms with Crippen molar-refractivity contribution in [3.8, 4) is 11.1 Å². The second-order valence-electron chi connectivity index (χ2n) is 8.52. The molecule has 2 aromatic rings. The Hall–Kier alpha value is -3.08. The van der Waals surface area contributed by atoms with E-state index in [1.807, 2.05) is 0 Å². The van der Waals surface area contributed by atoms with Crippen LogP contribution in [-0.2, 0) is 4.74 Å². The summed E-state index contributed by atoms with van der Waals surface area (Å²) in [6, 6.07) is 9.08. The molecule has 5 heteroatoms. The van der Waals surface area contributed by atoms with E-state index >= 15 is 0 Å². The first kappa shape index (κ1) is 23.6. The van der Waals surface area contributed by atoms with Crippen LogP contribution in [0.5, 0.6) is 0 Å². The van der Waals surface area contributed by atoms with E-state index in [1.165, 1.54) is 24.3 Å². The Labute approximate surface area is 187 Å². The third-order valence-corrected chi connectivity index (χ3v) is 5.85.